The second-order valence-corrected chi connectivity index (χ2v) is 8.16. The Hall–Kier alpha value is -4.26. The molecular weight excluding hydrogens is 412 g/mol. The zero-order valence-corrected chi connectivity index (χ0v) is 18.0. The van der Waals surface area contributed by atoms with Crippen LogP contribution in [0.4, 0.5) is 5.82 Å². The summed E-state index contributed by atoms with van der Waals surface area (Å²) in [7, 11) is 0. The van der Waals surface area contributed by atoms with Crippen LogP contribution < -0.4 is 4.90 Å². The summed E-state index contributed by atoms with van der Waals surface area (Å²) >= 11 is 0. The lowest BCUT2D eigenvalue weighted by Gasteiger charge is -2.35. The van der Waals surface area contributed by atoms with Gasteiger partial charge in [-0.2, -0.15) is 4.52 Å². The van der Waals surface area contributed by atoms with Crippen molar-refractivity contribution in [2.75, 3.05) is 31.1 Å². The van der Waals surface area contributed by atoms with Crippen LogP contribution in [0.25, 0.3) is 27.8 Å². The summed E-state index contributed by atoms with van der Waals surface area (Å²) < 4.78 is 1.79. The standard InChI is InChI=1S/C26H22N6O/c33-26(22-12-6-10-19-7-4-5-11-21(19)22)31-17-15-30(16-18-31)24-14-13-23-27-28-25(32(23)29-24)20-8-2-1-3-9-20/h1-14H,15-18H2. The van der Waals surface area contributed by atoms with Crippen LogP contribution in [0.1, 0.15) is 10.4 Å². The number of carbonyl (C=O) groups is 1. The molecule has 1 fully saturated rings. The van der Waals surface area contributed by atoms with Crippen LogP contribution >= 0.6 is 0 Å². The lowest BCUT2D eigenvalue weighted by Crippen LogP contribution is -2.49. The minimum atomic E-state index is 0.0834. The number of amides is 1. The van der Waals surface area contributed by atoms with Crippen LogP contribution in [0.15, 0.2) is 84.9 Å². The Balaban J connectivity index is 1.22. The van der Waals surface area contributed by atoms with E-state index in [-0.39, 0.29) is 5.91 Å². The third-order valence-electron chi connectivity index (χ3n) is 6.19. The number of piperazine rings is 1. The quantitative estimate of drug-likeness (QED) is 0.431. The number of aromatic nitrogens is 4. The first kappa shape index (κ1) is 19.4. The summed E-state index contributed by atoms with van der Waals surface area (Å²) in [4.78, 5) is 17.4. The van der Waals surface area contributed by atoms with Gasteiger partial charge in [0.2, 0.25) is 0 Å². The van der Waals surface area contributed by atoms with Crippen LogP contribution in [-0.4, -0.2) is 56.8 Å². The Kier molecular flexibility index (Phi) is 4.72. The molecular formula is C26H22N6O. The number of rotatable bonds is 3. The van der Waals surface area contributed by atoms with Crippen molar-refractivity contribution >= 4 is 28.1 Å². The molecule has 0 spiro atoms. The molecule has 1 aliphatic heterocycles. The predicted octanol–water partition coefficient (Wildman–Crippen LogP) is 3.91. The van der Waals surface area contributed by atoms with Gasteiger partial charge in [-0.1, -0.05) is 66.7 Å². The van der Waals surface area contributed by atoms with Crippen LogP contribution in [0, 0.1) is 0 Å². The minimum Gasteiger partial charge on any atom is -0.352 e. The molecule has 7 nitrogen and oxygen atoms in total. The summed E-state index contributed by atoms with van der Waals surface area (Å²) in [6, 6.07) is 27.8. The summed E-state index contributed by atoms with van der Waals surface area (Å²) in [6.45, 7) is 2.74. The van der Waals surface area contributed by atoms with Crippen molar-refractivity contribution in [1.82, 2.24) is 24.7 Å². The van der Waals surface area contributed by atoms with Crippen molar-refractivity contribution in [2.45, 2.75) is 0 Å². The average molecular weight is 435 g/mol. The normalized spacial score (nSPS) is 14.2. The number of hydrogen-bond donors (Lipinski definition) is 0. The molecule has 0 bridgehead atoms. The largest absolute Gasteiger partial charge is 0.352 e. The van der Waals surface area contributed by atoms with Gasteiger partial charge in [0.25, 0.3) is 5.91 Å². The molecule has 3 aromatic carbocycles. The number of fused-ring (bicyclic) bond motifs is 2. The van der Waals surface area contributed by atoms with E-state index < -0.39 is 0 Å². The predicted molar refractivity (Wildman–Crippen MR) is 128 cm³/mol. The molecule has 1 aliphatic rings. The number of benzene rings is 3. The van der Waals surface area contributed by atoms with E-state index in [1.165, 1.54) is 0 Å². The molecule has 0 N–H and O–H groups in total. The first-order valence-corrected chi connectivity index (χ1v) is 11.1. The molecule has 162 valence electrons. The second-order valence-electron chi connectivity index (χ2n) is 8.16. The molecule has 3 heterocycles. The zero-order chi connectivity index (χ0) is 22.2. The van der Waals surface area contributed by atoms with E-state index in [4.69, 9.17) is 5.10 Å². The number of carbonyl (C=O) groups excluding carboxylic acids is 1. The van der Waals surface area contributed by atoms with E-state index in [1.807, 2.05) is 89.8 Å². The van der Waals surface area contributed by atoms with Gasteiger partial charge < -0.3 is 9.80 Å². The van der Waals surface area contributed by atoms with Crippen molar-refractivity contribution < 1.29 is 4.79 Å². The van der Waals surface area contributed by atoms with Gasteiger partial charge >= 0.3 is 0 Å². The van der Waals surface area contributed by atoms with Crippen LogP contribution in [0.5, 0.6) is 0 Å². The zero-order valence-electron chi connectivity index (χ0n) is 18.0. The van der Waals surface area contributed by atoms with E-state index in [9.17, 15) is 4.79 Å². The lowest BCUT2D eigenvalue weighted by atomic mass is 10.0. The van der Waals surface area contributed by atoms with Crippen molar-refractivity contribution in [3.05, 3.63) is 90.5 Å². The van der Waals surface area contributed by atoms with Gasteiger partial charge in [-0.15, -0.1) is 15.3 Å². The fraction of sp³-hybridized carbons (Fsp3) is 0.154. The first-order valence-electron chi connectivity index (χ1n) is 11.1. The average Bonchev–Trinajstić information content (AvgIpc) is 3.32. The minimum absolute atomic E-state index is 0.0834. The Morgan fingerprint density at radius 3 is 2.33 bits per heavy atom. The smallest absolute Gasteiger partial charge is 0.254 e. The molecule has 5 aromatic rings. The van der Waals surface area contributed by atoms with Crippen LogP contribution in [0.3, 0.4) is 0 Å². The molecule has 0 unspecified atom stereocenters. The fourth-order valence-electron chi connectivity index (χ4n) is 4.44. The van der Waals surface area contributed by atoms with Crippen LogP contribution in [-0.2, 0) is 0 Å². The molecule has 1 amide bonds. The Bertz CT molecular complexity index is 1450. The van der Waals surface area contributed by atoms with E-state index >= 15 is 0 Å². The molecule has 33 heavy (non-hydrogen) atoms. The third kappa shape index (κ3) is 3.47. The van der Waals surface area contributed by atoms with Crippen molar-refractivity contribution in [3.8, 4) is 11.4 Å². The highest BCUT2D eigenvalue weighted by Crippen LogP contribution is 2.23. The molecule has 6 rings (SSSR count). The maximum Gasteiger partial charge on any atom is 0.254 e. The van der Waals surface area contributed by atoms with E-state index in [0.29, 0.717) is 18.7 Å². The van der Waals surface area contributed by atoms with E-state index in [2.05, 4.69) is 15.1 Å². The van der Waals surface area contributed by atoms with Crippen molar-refractivity contribution in [3.63, 3.8) is 0 Å². The number of hydrogen-bond acceptors (Lipinski definition) is 5. The molecule has 7 heteroatoms. The van der Waals surface area contributed by atoms with Crippen molar-refractivity contribution in [1.29, 1.82) is 0 Å². The summed E-state index contributed by atoms with van der Waals surface area (Å²) in [6.07, 6.45) is 0. The highest BCUT2D eigenvalue weighted by atomic mass is 16.2. The van der Waals surface area contributed by atoms with Gasteiger partial charge in [0, 0.05) is 37.3 Å². The number of anilines is 1. The van der Waals surface area contributed by atoms with Crippen molar-refractivity contribution in [2.24, 2.45) is 0 Å². The van der Waals surface area contributed by atoms with Gasteiger partial charge in [-0.3, -0.25) is 4.79 Å². The SMILES string of the molecule is O=C(c1cccc2ccccc12)N1CCN(c2ccc3nnc(-c4ccccc4)n3n2)CC1. The Morgan fingerprint density at radius 2 is 1.48 bits per heavy atom. The topological polar surface area (TPSA) is 66.6 Å². The summed E-state index contributed by atoms with van der Waals surface area (Å²) in [5, 5.41) is 15.5. The maximum absolute atomic E-state index is 13.3. The first-order chi connectivity index (χ1) is 16.3. The van der Waals surface area contributed by atoms with E-state index in [1.54, 1.807) is 4.52 Å². The lowest BCUT2D eigenvalue weighted by molar-refractivity contribution is 0.0748. The monoisotopic (exact) mass is 434 g/mol. The summed E-state index contributed by atoms with van der Waals surface area (Å²) in [5.41, 5.74) is 2.45. The van der Waals surface area contributed by atoms with E-state index in [0.717, 1.165) is 46.6 Å². The maximum atomic E-state index is 13.3. The Morgan fingerprint density at radius 1 is 0.727 bits per heavy atom. The molecule has 1 saturated heterocycles. The van der Waals surface area contributed by atoms with Gasteiger partial charge in [-0.05, 0) is 29.0 Å². The van der Waals surface area contributed by atoms with Gasteiger partial charge in [0.1, 0.15) is 5.82 Å². The molecule has 0 aliphatic carbocycles. The fourth-order valence-corrected chi connectivity index (χ4v) is 4.44. The van der Waals surface area contributed by atoms with Gasteiger partial charge in [0.15, 0.2) is 11.5 Å². The van der Waals surface area contributed by atoms with Crippen LogP contribution in [0.2, 0.25) is 0 Å². The third-order valence-corrected chi connectivity index (χ3v) is 6.19. The van der Waals surface area contributed by atoms with Gasteiger partial charge in [0.05, 0.1) is 0 Å². The molecule has 0 saturated carbocycles. The second kappa shape index (κ2) is 8.02. The van der Waals surface area contributed by atoms with Gasteiger partial charge in [-0.25, -0.2) is 0 Å². The summed E-state index contributed by atoms with van der Waals surface area (Å²) in [5.74, 6) is 1.66. The Labute approximate surface area is 190 Å². The highest BCUT2D eigenvalue weighted by Gasteiger charge is 2.24. The number of nitrogens with zero attached hydrogens (tertiary/aromatic N) is 6. The molecule has 2 aromatic heterocycles. The highest BCUT2D eigenvalue weighted by molar-refractivity contribution is 6.07. The molecule has 0 radical (unpaired) electrons. The molecule has 0 atom stereocenters.